The molecule has 0 bridgehead atoms. The number of rotatable bonds is 3. The molecule has 0 aliphatic carbocycles. The smallest absolute Gasteiger partial charge is 0.250 e. The van der Waals surface area contributed by atoms with Crippen molar-refractivity contribution in [3.05, 3.63) is 40.8 Å². The minimum Gasteiger partial charge on any atom is -0.465 e. The normalized spacial score (nSPS) is 14.5. The van der Waals surface area contributed by atoms with E-state index in [2.05, 4.69) is 15.6 Å². The van der Waals surface area contributed by atoms with Crippen LogP contribution in [-0.2, 0) is 17.8 Å². The molecule has 0 saturated heterocycles. The number of aromatic nitrogens is 1. The predicted octanol–water partition coefficient (Wildman–Crippen LogP) is 2.03. The van der Waals surface area contributed by atoms with E-state index < -0.39 is 0 Å². The minimum atomic E-state index is -0.199. The van der Waals surface area contributed by atoms with E-state index >= 15 is 0 Å². The van der Waals surface area contributed by atoms with E-state index in [1.54, 1.807) is 24.5 Å². The van der Waals surface area contributed by atoms with Gasteiger partial charge in [-0.15, -0.1) is 11.3 Å². The highest BCUT2D eigenvalue weighted by atomic mass is 32.1. The van der Waals surface area contributed by atoms with Gasteiger partial charge in [0.1, 0.15) is 5.76 Å². The molecule has 2 aromatic heterocycles. The highest BCUT2D eigenvalue weighted by Crippen LogP contribution is 2.25. The number of carbonyl (C=O) groups is 1. The van der Waals surface area contributed by atoms with Gasteiger partial charge in [0.25, 0.3) is 0 Å². The van der Waals surface area contributed by atoms with E-state index in [1.165, 1.54) is 22.3 Å². The molecule has 3 rings (SSSR count). The third-order valence-electron chi connectivity index (χ3n) is 2.77. The fourth-order valence-corrected chi connectivity index (χ4v) is 2.85. The van der Waals surface area contributed by atoms with Crippen molar-refractivity contribution >= 4 is 28.5 Å². The van der Waals surface area contributed by atoms with Crippen molar-refractivity contribution in [2.75, 3.05) is 11.9 Å². The average molecular weight is 275 g/mol. The van der Waals surface area contributed by atoms with Crippen molar-refractivity contribution in [2.24, 2.45) is 0 Å². The van der Waals surface area contributed by atoms with Gasteiger partial charge in [0.15, 0.2) is 5.13 Å². The summed E-state index contributed by atoms with van der Waals surface area (Å²) < 4.78 is 5.11. The van der Waals surface area contributed by atoms with Gasteiger partial charge < -0.3 is 9.73 Å². The number of hydrogen-bond acceptors (Lipinski definition) is 5. The molecule has 1 aliphatic heterocycles. The van der Waals surface area contributed by atoms with Crippen molar-refractivity contribution < 1.29 is 9.21 Å². The Morgan fingerprint density at radius 2 is 2.53 bits per heavy atom. The molecular formula is C13H13N3O2S. The van der Waals surface area contributed by atoms with Crippen LogP contribution >= 0.6 is 11.3 Å². The molecule has 98 valence electrons. The number of carbonyl (C=O) groups excluding carboxylic acids is 1. The van der Waals surface area contributed by atoms with Crippen molar-refractivity contribution in [2.45, 2.75) is 13.0 Å². The van der Waals surface area contributed by atoms with Crippen LogP contribution in [-0.4, -0.2) is 17.4 Å². The van der Waals surface area contributed by atoms with Crippen LogP contribution in [0.25, 0.3) is 6.08 Å². The standard InChI is InChI=1S/C13H13N3O2S/c17-12(4-3-9-2-1-7-18-9)16-13-15-10-5-6-14-8-11(10)19-13/h1-4,7,14H,5-6,8H2,(H,15,16,17)/b4-3+. The topological polar surface area (TPSA) is 67.2 Å². The van der Waals surface area contributed by atoms with Gasteiger partial charge in [-0.25, -0.2) is 4.98 Å². The summed E-state index contributed by atoms with van der Waals surface area (Å²) in [5.74, 6) is 0.452. The first kappa shape index (κ1) is 12.1. The van der Waals surface area contributed by atoms with Crippen LogP contribution < -0.4 is 10.6 Å². The van der Waals surface area contributed by atoms with E-state index in [4.69, 9.17) is 4.42 Å². The number of nitrogens with zero attached hydrogens (tertiary/aromatic N) is 1. The molecule has 0 aromatic carbocycles. The number of fused-ring (bicyclic) bond motifs is 1. The molecule has 2 aromatic rings. The van der Waals surface area contributed by atoms with Gasteiger partial charge in [-0.1, -0.05) is 0 Å². The van der Waals surface area contributed by atoms with E-state index in [1.807, 2.05) is 0 Å². The molecule has 0 saturated carbocycles. The van der Waals surface area contributed by atoms with Crippen LogP contribution in [0.2, 0.25) is 0 Å². The summed E-state index contributed by atoms with van der Waals surface area (Å²) in [6.45, 7) is 1.79. The second-order valence-corrected chi connectivity index (χ2v) is 5.24. The molecule has 1 aliphatic rings. The van der Waals surface area contributed by atoms with Crippen molar-refractivity contribution in [1.29, 1.82) is 0 Å². The van der Waals surface area contributed by atoms with Gasteiger partial charge >= 0.3 is 0 Å². The lowest BCUT2D eigenvalue weighted by atomic mass is 10.2. The Morgan fingerprint density at radius 3 is 3.32 bits per heavy atom. The summed E-state index contributed by atoms with van der Waals surface area (Å²) in [4.78, 5) is 17.4. The largest absolute Gasteiger partial charge is 0.465 e. The molecule has 3 heterocycles. The Labute approximate surface area is 114 Å². The lowest BCUT2D eigenvalue weighted by molar-refractivity contribution is -0.111. The average Bonchev–Trinajstić information content (AvgIpc) is 3.04. The van der Waals surface area contributed by atoms with Gasteiger partial charge in [-0.3, -0.25) is 10.1 Å². The van der Waals surface area contributed by atoms with E-state index in [0.717, 1.165) is 25.2 Å². The maximum absolute atomic E-state index is 11.7. The summed E-state index contributed by atoms with van der Waals surface area (Å²) in [5.41, 5.74) is 1.09. The monoisotopic (exact) mass is 275 g/mol. The van der Waals surface area contributed by atoms with Crippen LogP contribution in [0.5, 0.6) is 0 Å². The second-order valence-electron chi connectivity index (χ2n) is 4.15. The summed E-state index contributed by atoms with van der Waals surface area (Å²) >= 11 is 1.52. The lowest BCUT2D eigenvalue weighted by Crippen LogP contribution is -2.22. The molecule has 1 amide bonds. The zero-order chi connectivity index (χ0) is 13.1. The highest BCUT2D eigenvalue weighted by Gasteiger charge is 2.15. The Morgan fingerprint density at radius 1 is 1.58 bits per heavy atom. The number of furan rings is 1. The molecular weight excluding hydrogens is 262 g/mol. The molecule has 19 heavy (non-hydrogen) atoms. The van der Waals surface area contributed by atoms with Crippen molar-refractivity contribution in [3.63, 3.8) is 0 Å². The molecule has 0 radical (unpaired) electrons. The SMILES string of the molecule is O=C(/C=C/c1ccco1)Nc1nc2c(s1)CNCC2. The van der Waals surface area contributed by atoms with E-state index in [-0.39, 0.29) is 5.91 Å². The maximum atomic E-state index is 11.7. The van der Waals surface area contributed by atoms with Crippen LogP contribution in [0.4, 0.5) is 5.13 Å². The van der Waals surface area contributed by atoms with Crippen molar-refractivity contribution in [1.82, 2.24) is 10.3 Å². The number of thiazole rings is 1. The van der Waals surface area contributed by atoms with E-state index in [9.17, 15) is 4.79 Å². The van der Waals surface area contributed by atoms with Gasteiger partial charge in [0.05, 0.1) is 12.0 Å². The molecule has 2 N–H and O–H groups in total. The first-order chi connectivity index (χ1) is 9.31. The molecule has 6 heteroatoms. The fourth-order valence-electron chi connectivity index (χ4n) is 1.87. The van der Waals surface area contributed by atoms with Crippen molar-refractivity contribution in [3.8, 4) is 0 Å². The molecule has 0 atom stereocenters. The summed E-state index contributed by atoms with van der Waals surface area (Å²) in [6, 6.07) is 3.57. The number of anilines is 1. The molecule has 0 unspecified atom stereocenters. The summed E-state index contributed by atoms with van der Waals surface area (Å²) in [6.07, 6.45) is 5.56. The zero-order valence-corrected chi connectivity index (χ0v) is 11.0. The number of hydrogen-bond donors (Lipinski definition) is 2. The maximum Gasteiger partial charge on any atom is 0.250 e. The third-order valence-corrected chi connectivity index (χ3v) is 3.79. The third kappa shape index (κ3) is 2.91. The molecule has 0 spiro atoms. The van der Waals surface area contributed by atoms with Crippen LogP contribution in [0, 0.1) is 0 Å². The van der Waals surface area contributed by atoms with Gasteiger partial charge in [0, 0.05) is 30.5 Å². The molecule has 0 fully saturated rings. The number of nitrogens with one attached hydrogen (secondary N) is 2. The Bertz CT molecular complexity index is 578. The summed E-state index contributed by atoms with van der Waals surface area (Å²) in [7, 11) is 0. The van der Waals surface area contributed by atoms with Crippen LogP contribution in [0.3, 0.4) is 0 Å². The highest BCUT2D eigenvalue weighted by molar-refractivity contribution is 7.15. The Balaban J connectivity index is 1.64. The lowest BCUT2D eigenvalue weighted by Gasteiger charge is -2.09. The Hall–Kier alpha value is -1.92. The first-order valence-electron chi connectivity index (χ1n) is 6.03. The Kier molecular flexibility index (Phi) is 3.43. The van der Waals surface area contributed by atoms with Gasteiger partial charge in [0.2, 0.25) is 5.91 Å². The predicted molar refractivity (Wildman–Crippen MR) is 73.9 cm³/mol. The second kappa shape index (κ2) is 5.38. The van der Waals surface area contributed by atoms with Gasteiger partial charge in [-0.2, -0.15) is 0 Å². The first-order valence-corrected chi connectivity index (χ1v) is 6.85. The fraction of sp³-hybridized carbons (Fsp3) is 0.231. The summed E-state index contributed by atoms with van der Waals surface area (Å²) in [5, 5.41) is 6.71. The van der Waals surface area contributed by atoms with Crippen LogP contribution in [0.1, 0.15) is 16.3 Å². The van der Waals surface area contributed by atoms with Crippen LogP contribution in [0.15, 0.2) is 28.9 Å². The molecule has 5 nitrogen and oxygen atoms in total. The quantitative estimate of drug-likeness (QED) is 0.841. The van der Waals surface area contributed by atoms with Gasteiger partial charge in [-0.05, 0) is 18.2 Å². The van der Waals surface area contributed by atoms with E-state index in [0.29, 0.717) is 10.9 Å². The minimum absolute atomic E-state index is 0.199. The zero-order valence-electron chi connectivity index (χ0n) is 10.2. The number of amides is 1.